The molecule has 6 heteroatoms. The molecular weight excluding hydrogens is 236 g/mol. The normalized spacial score (nSPS) is 9.78. The van der Waals surface area contributed by atoms with Gasteiger partial charge in [0.1, 0.15) is 0 Å². The third-order valence-electron chi connectivity index (χ3n) is 2.38. The Hall–Kier alpha value is -1.95. The summed E-state index contributed by atoms with van der Waals surface area (Å²) in [7, 11) is 4.48. The maximum absolute atomic E-state index is 11.9. The molecule has 0 atom stereocenters. The molecule has 0 unspecified atom stereocenters. The Bertz CT molecular complexity index is 421. The van der Waals surface area contributed by atoms with Crippen LogP contribution in [-0.2, 0) is 0 Å². The van der Waals surface area contributed by atoms with Gasteiger partial charge in [-0.3, -0.25) is 4.79 Å². The van der Waals surface area contributed by atoms with Crippen molar-refractivity contribution in [3.8, 4) is 17.2 Å². The summed E-state index contributed by atoms with van der Waals surface area (Å²) in [4.78, 5) is 11.9. The summed E-state index contributed by atoms with van der Waals surface area (Å²) in [5.41, 5.74) is 5.71. The van der Waals surface area contributed by atoms with Crippen molar-refractivity contribution in [3.05, 3.63) is 17.7 Å². The second-order valence-electron chi connectivity index (χ2n) is 3.43. The molecule has 0 saturated heterocycles. The summed E-state index contributed by atoms with van der Waals surface area (Å²) in [5.74, 6) is 0.967. The number of benzene rings is 1. The van der Waals surface area contributed by atoms with Gasteiger partial charge in [-0.2, -0.15) is 0 Å². The van der Waals surface area contributed by atoms with Crippen LogP contribution in [0.1, 0.15) is 10.4 Å². The first kappa shape index (κ1) is 14.1. The molecule has 0 radical (unpaired) electrons. The number of hydrogen-bond acceptors (Lipinski definition) is 5. The van der Waals surface area contributed by atoms with Crippen LogP contribution in [-0.4, -0.2) is 40.3 Å². The minimum absolute atomic E-state index is 0.266. The Morgan fingerprint density at radius 2 is 1.83 bits per heavy atom. The predicted molar refractivity (Wildman–Crippen MR) is 67.5 cm³/mol. The summed E-state index contributed by atoms with van der Waals surface area (Å²) < 4.78 is 15.6. The maximum Gasteiger partial charge on any atom is 0.255 e. The van der Waals surface area contributed by atoms with Crippen LogP contribution in [0.4, 0.5) is 0 Å². The summed E-state index contributed by atoms with van der Waals surface area (Å²) in [6, 6.07) is 3.27. The highest BCUT2D eigenvalue weighted by Crippen LogP contribution is 2.39. The summed E-state index contributed by atoms with van der Waals surface area (Å²) in [5, 5.41) is 2.67. The van der Waals surface area contributed by atoms with E-state index < -0.39 is 0 Å². The van der Waals surface area contributed by atoms with E-state index in [0.29, 0.717) is 35.9 Å². The van der Waals surface area contributed by atoms with Crippen LogP contribution < -0.4 is 25.3 Å². The summed E-state index contributed by atoms with van der Waals surface area (Å²) in [6.07, 6.45) is 0. The molecule has 100 valence electrons. The van der Waals surface area contributed by atoms with E-state index in [1.54, 1.807) is 12.1 Å². The van der Waals surface area contributed by atoms with Gasteiger partial charge in [0, 0.05) is 13.1 Å². The number of hydrogen-bond donors (Lipinski definition) is 2. The van der Waals surface area contributed by atoms with Crippen LogP contribution in [0.25, 0.3) is 0 Å². The molecule has 1 rings (SSSR count). The fraction of sp³-hybridized carbons (Fsp3) is 0.417. The number of ether oxygens (including phenoxy) is 3. The zero-order valence-corrected chi connectivity index (χ0v) is 10.8. The minimum atomic E-state index is -0.266. The average molecular weight is 254 g/mol. The van der Waals surface area contributed by atoms with Crippen molar-refractivity contribution in [1.29, 1.82) is 0 Å². The van der Waals surface area contributed by atoms with Crippen LogP contribution in [0.2, 0.25) is 0 Å². The molecule has 1 amide bonds. The largest absolute Gasteiger partial charge is 0.493 e. The van der Waals surface area contributed by atoms with E-state index in [0.717, 1.165) is 0 Å². The van der Waals surface area contributed by atoms with E-state index >= 15 is 0 Å². The molecule has 0 heterocycles. The Morgan fingerprint density at radius 1 is 1.17 bits per heavy atom. The van der Waals surface area contributed by atoms with E-state index in [-0.39, 0.29) is 5.91 Å². The predicted octanol–water partition coefficient (Wildman–Crippen LogP) is 0.401. The second-order valence-corrected chi connectivity index (χ2v) is 3.43. The van der Waals surface area contributed by atoms with Crippen molar-refractivity contribution in [1.82, 2.24) is 5.32 Å². The molecule has 0 bridgehead atoms. The van der Waals surface area contributed by atoms with Gasteiger partial charge in [-0.25, -0.2) is 0 Å². The maximum atomic E-state index is 11.9. The quantitative estimate of drug-likeness (QED) is 0.768. The Morgan fingerprint density at radius 3 is 2.33 bits per heavy atom. The average Bonchev–Trinajstić information content (AvgIpc) is 2.42. The first-order valence-corrected chi connectivity index (χ1v) is 5.46. The van der Waals surface area contributed by atoms with Crippen LogP contribution in [0.15, 0.2) is 12.1 Å². The van der Waals surface area contributed by atoms with E-state index in [9.17, 15) is 4.79 Å². The third-order valence-corrected chi connectivity index (χ3v) is 2.38. The van der Waals surface area contributed by atoms with Crippen molar-refractivity contribution in [2.24, 2.45) is 5.73 Å². The van der Waals surface area contributed by atoms with Gasteiger partial charge in [0.05, 0.1) is 26.9 Å². The number of carbonyl (C=O) groups excluding carboxylic acids is 1. The van der Waals surface area contributed by atoms with Crippen molar-refractivity contribution >= 4 is 5.91 Å². The van der Waals surface area contributed by atoms with Crippen molar-refractivity contribution in [2.75, 3.05) is 34.4 Å². The first-order valence-electron chi connectivity index (χ1n) is 5.46. The van der Waals surface area contributed by atoms with Gasteiger partial charge in [0.25, 0.3) is 5.91 Å². The molecule has 0 aliphatic carbocycles. The molecule has 0 fully saturated rings. The van der Waals surface area contributed by atoms with Gasteiger partial charge in [-0.05, 0) is 12.1 Å². The molecule has 3 N–H and O–H groups in total. The standard InChI is InChI=1S/C12H18N2O4/c1-16-9-5-4-8(12(15)14-7-6-13)10(17-2)11(9)18-3/h4-5H,6-7,13H2,1-3H3,(H,14,15). The highest BCUT2D eigenvalue weighted by atomic mass is 16.5. The second kappa shape index (κ2) is 6.70. The molecule has 0 aromatic heterocycles. The molecule has 18 heavy (non-hydrogen) atoms. The van der Waals surface area contributed by atoms with Crippen LogP contribution in [0.5, 0.6) is 17.2 Å². The number of nitrogens with two attached hydrogens (primary N) is 1. The molecular formula is C12H18N2O4. The van der Waals surface area contributed by atoms with Gasteiger partial charge in [0.15, 0.2) is 11.5 Å². The molecule has 1 aromatic rings. The van der Waals surface area contributed by atoms with Crippen molar-refractivity contribution < 1.29 is 19.0 Å². The molecule has 0 aliphatic heterocycles. The lowest BCUT2D eigenvalue weighted by Crippen LogP contribution is -2.29. The van der Waals surface area contributed by atoms with E-state index in [1.807, 2.05) is 0 Å². The van der Waals surface area contributed by atoms with Gasteiger partial charge >= 0.3 is 0 Å². The lowest BCUT2D eigenvalue weighted by atomic mass is 10.1. The molecule has 1 aromatic carbocycles. The Kier molecular flexibility index (Phi) is 5.26. The number of methoxy groups -OCH3 is 3. The van der Waals surface area contributed by atoms with E-state index in [1.165, 1.54) is 21.3 Å². The SMILES string of the molecule is COc1ccc(C(=O)NCCN)c(OC)c1OC. The summed E-state index contributed by atoms with van der Waals surface area (Å²) >= 11 is 0. The van der Waals surface area contributed by atoms with Gasteiger partial charge < -0.3 is 25.3 Å². The smallest absolute Gasteiger partial charge is 0.255 e. The molecule has 6 nitrogen and oxygen atoms in total. The zero-order chi connectivity index (χ0) is 13.5. The van der Waals surface area contributed by atoms with E-state index in [2.05, 4.69) is 5.32 Å². The summed E-state index contributed by atoms with van der Waals surface area (Å²) in [6.45, 7) is 0.775. The lowest BCUT2D eigenvalue weighted by molar-refractivity contribution is 0.0951. The fourth-order valence-electron chi connectivity index (χ4n) is 1.56. The number of nitrogens with one attached hydrogen (secondary N) is 1. The monoisotopic (exact) mass is 254 g/mol. The number of rotatable bonds is 6. The fourth-order valence-corrected chi connectivity index (χ4v) is 1.56. The van der Waals surface area contributed by atoms with Crippen LogP contribution >= 0.6 is 0 Å². The molecule has 0 saturated carbocycles. The number of amides is 1. The third kappa shape index (κ3) is 2.84. The zero-order valence-electron chi connectivity index (χ0n) is 10.8. The Labute approximate surface area is 106 Å². The van der Waals surface area contributed by atoms with Crippen LogP contribution in [0.3, 0.4) is 0 Å². The van der Waals surface area contributed by atoms with Crippen molar-refractivity contribution in [3.63, 3.8) is 0 Å². The first-order chi connectivity index (χ1) is 8.69. The van der Waals surface area contributed by atoms with Gasteiger partial charge in [0.2, 0.25) is 5.75 Å². The van der Waals surface area contributed by atoms with Crippen molar-refractivity contribution in [2.45, 2.75) is 0 Å². The van der Waals surface area contributed by atoms with Gasteiger partial charge in [-0.1, -0.05) is 0 Å². The lowest BCUT2D eigenvalue weighted by Gasteiger charge is -2.15. The van der Waals surface area contributed by atoms with Gasteiger partial charge in [-0.15, -0.1) is 0 Å². The Balaban J connectivity index is 3.16. The highest BCUT2D eigenvalue weighted by molar-refractivity contribution is 5.98. The van der Waals surface area contributed by atoms with Crippen LogP contribution in [0, 0.1) is 0 Å². The topological polar surface area (TPSA) is 82.8 Å². The number of carbonyl (C=O) groups is 1. The highest BCUT2D eigenvalue weighted by Gasteiger charge is 2.20. The molecule has 0 aliphatic rings. The minimum Gasteiger partial charge on any atom is -0.493 e. The molecule has 0 spiro atoms. The van der Waals surface area contributed by atoms with E-state index in [4.69, 9.17) is 19.9 Å².